The van der Waals surface area contributed by atoms with Crippen LogP contribution in [0.15, 0.2) is 18.2 Å². The molecule has 0 spiro atoms. The summed E-state index contributed by atoms with van der Waals surface area (Å²) in [4.78, 5) is 0. The molecule has 3 N–H and O–H groups in total. The molecule has 0 amide bonds. The van der Waals surface area contributed by atoms with Crippen molar-refractivity contribution in [1.82, 2.24) is 0 Å². The standard InChI is InChI=1S/C19H30N2O2/c1-23-15-11-12-16-18(13-15)21-19(22)17(20-16)10-4-2-3-7-14-8-5-6-9-14/h11-14,17,19-22H,2-10H2,1H3. The van der Waals surface area contributed by atoms with Crippen molar-refractivity contribution in [1.29, 1.82) is 0 Å². The molecule has 2 aliphatic rings. The van der Waals surface area contributed by atoms with Gasteiger partial charge in [0.2, 0.25) is 0 Å². The first kappa shape index (κ1) is 16.4. The molecule has 2 atom stereocenters. The molecule has 0 radical (unpaired) electrons. The summed E-state index contributed by atoms with van der Waals surface area (Å²) in [6, 6.07) is 5.97. The van der Waals surface area contributed by atoms with Crippen LogP contribution >= 0.6 is 0 Å². The average molecular weight is 318 g/mol. The minimum atomic E-state index is -0.538. The van der Waals surface area contributed by atoms with Crippen LogP contribution in [0.3, 0.4) is 0 Å². The van der Waals surface area contributed by atoms with Crippen LogP contribution in [0, 0.1) is 5.92 Å². The molecule has 0 saturated heterocycles. The van der Waals surface area contributed by atoms with Gasteiger partial charge in [-0.2, -0.15) is 0 Å². The van der Waals surface area contributed by atoms with E-state index in [0.29, 0.717) is 0 Å². The lowest BCUT2D eigenvalue weighted by molar-refractivity contribution is 0.171. The highest BCUT2D eigenvalue weighted by Crippen LogP contribution is 2.33. The van der Waals surface area contributed by atoms with Gasteiger partial charge in [-0.05, 0) is 24.5 Å². The van der Waals surface area contributed by atoms with E-state index >= 15 is 0 Å². The summed E-state index contributed by atoms with van der Waals surface area (Å²) in [6.07, 6.45) is 11.5. The monoisotopic (exact) mass is 318 g/mol. The van der Waals surface area contributed by atoms with Crippen LogP contribution in [0.1, 0.15) is 57.8 Å². The number of fused-ring (bicyclic) bond motifs is 1. The molecule has 1 aliphatic carbocycles. The highest BCUT2D eigenvalue weighted by molar-refractivity contribution is 5.73. The second kappa shape index (κ2) is 7.91. The third-order valence-electron chi connectivity index (χ3n) is 5.35. The van der Waals surface area contributed by atoms with Gasteiger partial charge in [0.15, 0.2) is 0 Å². The lowest BCUT2D eigenvalue weighted by Gasteiger charge is -2.33. The first-order chi connectivity index (χ1) is 11.3. The topological polar surface area (TPSA) is 53.5 Å². The normalized spacial score (nSPS) is 23.9. The molecule has 4 heteroatoms. The summed E-state index contributed by atoms with van der Waals surface area (Å²) in [6.45, 7) is 0. The smallest absolute Gasteiger partial charge is 0.144 e. The second-order valence-corrected chi connectivity index (χ2v) is 7.04. The highest BCUT2D eigenvalue weighted by Gasteiger charge is 2.25. The van der Waals surface area contributed by atoms with E-state index < -0.39 is 6.23 Å². The van der Waals surface area contributed by atoms with Crippen molar-refractivity contribution in [2.24, 2.45) is 5.92 Å². The van der Waals surface area contributed by atoms with Crippen LogP contribution in [0.5, 0.6) is 5.75 Å². The SMILES string of the molecule is COc1ccc2c(c1)NC(O)C(CCCCCC1CCCC1)N2. The van der Waals surface area contributed by atoms with Crippen molar-refractivity contribution in [3.8, 4) is 5.75 Å². The average Bonchev–Trinajstić information content (AvgIpc) is 3.07. The number of methoxy groups -OCH3 is 1. The number of rotatable bonds is 7. The number of unbranched alkanes of at least 4 members (excludes halogenated alkanes) is 2. The maximum atomic E-state index is 10.3. The second-order valence-electron chi connectivity index (χ2n) is 7.04. The van der Waals surface area contributed by atoms with Crippen molar-refractivity contribution < 1.29 is 9.84 Å². The molecule has 1 aromatic rings. The minimum absolute atomic E-state index is 0.0855. The fourth-order valence-electron chi connectivity index (χ4n) is 3.94. The van der Waals surface area contributed by atoms with Gasteiger partial charge >= 0.3 is 0 Å². The first-order valence-electron chi connectivity index (χ1n) is 9.15. The summed E-state index contributed by atoms with van der Waals surface area (Å²) in [5.41, 5.74) is 1.96. The Labute approximate surface area is 139 Å². The van der Waals surface area contributed by atoms with Crippen molar-refractivity contribution in [3.63, 3.8) is 0 Å². The largest absolute Gasteiger partial charge is 0.497 e. The van der Waals surface area contributed by atoms with Gasteiger partial charge in [-0.25, -0.2) is 0 Å². The molecule has 0 bridgehead atoms. The van der Waals surface area contributed by atoms with Gasteiger partial charge in [-0.3, -0.25) is 0 Å². The van der Waals surface area contributed by atoms with Crippen molar-refractivity contribution in [2.45, 2.75) is 70.1 Å². The van der Waals surface area contributed by atoms with Gasteiger partial charge < -0.3 is 20.5 Å². The quantitative estimate of drug-likeness (QED) is 0.654. The first-order valence-corrected chi connectivity index (χ1v) is 9.15. The minimum Gasteiger partial charge on any atom is -0.497 e. The summed E-state index contributed by atoms with van der Waals surface area (Å²) in [5, 5.41) is 16.9. The summed E-state index contributed by atoms with van der Waals surface area (Å²) < 4.78 is 5.23. The number of aliphatic hydroxyl groups is 1. The number of aliphatic hydroxyl groups excluding tert-OH is 1. The van der Waals surface area contributed by atoms with E-state index in [9.17, 15) is 5.11 Å². The van der Waals surface area contributed by atoms with Gasteiger partial charge in [0.05, 0.1) is 24.5 Å². The molecule has 3 rings (SSSR count). The summed E-state index contributed by atoms with van der Waals surface area (Å²) in [5.74, 6) is 1.80. The Kier molecular flexibility index (Phi) is 5.65. The zero-order valence-electron chi connectivity index (χ0n) is 14.2. The van der Waals surface area contributed by atoms with E-state index in [1.165, 1.54) is 51.4 Å². The Bertz CT molecular complexity index is 500. The summed E-state index contributed by atoms with van der Waals surface area (Å²) in [7, 11) is 1.66. The molecule has 1 fully saturated rings. The number of hydrogen-bond acceptors (Lipinski definition) is 4. The molecule has 1 aliphatic heterocycles. The molecule has 2 unspecified atom stereocenters. The van der Waals surface area contributed by atoms with Gasteiger partial charge in [-0.15, -0.1) is 0 Å². The van der Waals surface area contributed by atoms with Crippen molar-refractivity contribution in [2.75, 3.05) is 17.7 Å². The van der Waals surface area contributed by atoms with Crippen LogP contribution in [-0.2, 0) is 0 Å². The maximum Gasteiger partial charge on any atom is 0.144 e. The van der Waals surface area contributed by atoms with E-state index in [0.717, 1.165) is 29.5 Å². The molecule has 128 valence electrons. The van der Waals surface area contributed by atoms with Crippen molar-refractivity contribution in [3.05, 3.63) is 18.2 Å². The zero-order valence-corrected chi connectivity index (χ0v) is 14.2. The number of hydrogen-bond donors (Lipinski definition) is 3. The van der Waals surface area contributed by atoms with E-state index in [2.05, 4.69) is 10.6 Å². The highest BCUT2D eigenvalue weighted by atomic mass is 16.5. The Hall–Kier alpha value is -1.42. The third-order valence-corrected chi connectivity index (χ3v) is 5.35. The molecular formula is C19H30N2O2. The van der Waals surface area contributed by atoms with Crippen molar-refractivity contribution >= 4 is 11.4 Å². The molecule has 0 aromatic heterocycles. The fourth-order valence-corrected chi connectivity index (χ4v) is 3.94. The van der Waals surface area contributed by atoms with E-state index in [-0.39, 0.29) is 6.04 Å². The molecule has 1 aromatic carbocycles. The predicted molar refractivity (Wildman–Crippen MR) is 95.1 cm³/mol. The Morgan fingerprint density at radius 3 is 2.61 bits per heavy atom. The number of anilines is 2. The Balaban J connectivity index is 1.41. The molecule has 23 heavy (non-hydrogen) atoms. The fraction of sp³-hybridized carbons (Fsp3) is 0.684. The van der Waals surface area contributed by atoms with E-state index in [1.807, 2.05) is 18.2 Å². The van der Waals surface area contributed by atoms with Crippen LogP contribution in [0.2, 0.25) is 0 Å². The van der Waals surface area contributed by atoms with Gasteiger partial charge in [0.1, 0.15) is 12.0 Å². The van der Waals surface area contributed by atoms with Crippen LogP contribution in [0.25, 0.3) is 0 Å². The lowest BCUT2D eigenvalue weighted by atomic mass is 9.98. The Morgan fingerprint density at radius 1 is 1.04 bits per heavy atom. The lowest BCUT2D eigenvalue weighted by Crippen LogP contribution is -2.42. The maximum absolute atomic E-state index is 10.3. The number of nitrogens with one attached hydrogen (secondary N) is 2. The Morgan fingerprint density at radius 2 is 1.83 bits per heavy atom. The molecule has 1 saturated carbocycles. The molecule has 1 heterocycles. The number of benzene rings is 1. The van der Waals surface area contributed by atoms with E-state index in [4.69, 9.17) is 4.74 Å². The van der Waals surface area contributed by atoms with Crippen LogP contribution in [0.4, 0.5) is 11.4 Å². The molecule has 4 nitrogen and oxygen atoms in total. The molecular weight excluding hydrogens is 288 g/mol. The van der Waals surface area contributed by atoms with E-state index in [1.54, 1.807) is 7.11 Å². The van der Waals surface area contributed by atoms with Crippen LogP contribution in [-0.4, -0.2) is 24.5 Å². The van der Waals surface area contributed by atoms with Gasteiger partial charge in [-0.1, -0.05) is 51.4 Å². The zero-order chi connectivity index (χ0) is 16.1. The third kappa shape index (κ3) is 4.31. The van der Waals surface area contributed by atoms with Gasteiger partial charge in [0.25, 0.3) is 0 Å². The number of ether oxygens (including phenoxy) is 1. The summed E-state index contributed by atoms with van der Waals surface area (Å²) >= 11 is 0. The predicted octanol–water partition coefficient (Wildman–Crippen LogP) is 4.36. The van der Waals surface area contributed by atoms with Crippen LogP contribution < -0.4 is 15.4 Å². The van der Waals surface area contributed by atoms with Gasteiger partial charge in [0, 0.05) is 6.07 Å².